The molecule has 0 bridgehead atoms. The molecule has 1 heterocycles. The van der Waals surface area contributed by atoms with Crippen LogP contribution in [-0.2, 0) is 4.79 Å². The lowest BCUT2D eigenvalue weighted by atomic mass is 9.92. The molecule has 1 amide bonds. The predicted molar refractivity (Wildman–Crippen MR) is 126 cm³/mol. The number of rotatable bonds is 9. The van der Waals surface area contributed by atoms with E-state index in [1.165, 1.54) is 11.3 Å². The number of nitrogens with two attached hydrogens (primary N) is 1. The van der Waals surface area contributed by atoms with Crippen LogP contribution >= 0.6 is 12.6 Å². The average Bonchev–Trinajstić information content (AvgIpc) is 2.76. The molecule has 4 nitrogen and oxygen atoms in total. The van der Waals surface area contributed by atoms with Gasteiger partial charge in [-0.3, -0.25) is 4.79 Å². The maximum atomic E-state index is 11.8. The van der Waals surface area contributed by atoms with Crippen LogP contribution in [0.5, 0.6) is 0 Å². The summed E-state index contributed by atoms with van der Waals surface area (Å²) in [6.07, 6.45) is 4.36. The average molecular weight is 408 g/mol. The van der Waals surface area contributed by atoms with Gasteiger partial charge in [-0.2, -0.15) is 12.6 Å². The normalized spacial score (nSPS) is 15.6. The van der Waals surface area contributed by atoms with Crippen LogP contribution in [0.3, 0.4) is 0 Å². The number of amides is 1. The smallest absolute Gasteiger partial charge is 0.232 e. The summed E-state index contributed by atoms with van der Waals surface area (Å²) in [4.78, 5) is 16.3. The molecule has 1 aliphatic rings. The molecule has 1 aromatic rings. The van der Waals surface area contributed by atoms with Gasteiger partial charge >= 0.3 is 0 Å². The van der Waals surface area contributed by atoms with Gasteiger partial charge in [-0.25, -0.2) is 0 Å². The zero-order chi connectivity index (χ0) is 20.9. The van der Waals surface area contributed by atoms with E-state index >= 15 is 0 Å². The highest BCUT2D eigenvalue weighted by molar-refractivity contribution is 7.81. The quantitative estimate of drug-likeness (QED) is 0.591. The van der Waals surface area contributed by atoms with Crippen LogP contribution < -0.4 is 10.6 Å². The number of hydrogen-bond donors (Lipinski definition) is 2. The number of hydrogen-bond acceptors (Lipinski definition) is 4. The van der Waals surface area contributed by atoms with Gasteiger partial charge in [0, 0.05) is 31.9 Å². The van der Waals surface area contributed by atoms with Gasteiger partial charge in [0.15, 0.2) is 0 Å². The van der Waals surface area contributed by atoms with Crippen molar-refractivity contribution in [3.05, 3.63) is 29.8 Å². The summed E-state index contributed by atoms with van der Waals surface area (Å²) in [6.45, 7) is 13.0. The summed E-state index contributed by atoms with van der Waals surface area (Å²) in [5.41, 5.74) is 8.77. The lowest BCUT2D eigenvalue weighted by Gasteiger charge is -2.36. The summed E-state index contributed by atoms with van der Waals surface area (Å²) < 4.78 is 0. The number of thiol groups is 1. The van der Waals surface area contributed by atoms with Gasteiger partial charge < -0.3 is 15.5 Å². The predicted octanol–water partition coefficient (Wildman–Crippen LogP) is 4.55. The van der Waals surface area contributed by atoms with Crippen molar-refractivity contribution in [3.63, 3.8) is 0 Å². The van der Waals surface area contributed by atoms with Gasteiger partial charge in [-0.15, -0.1) is 0 Å². The Balaban J connectivity index is 0.00000190. The molecular formula is C23H41N3OS. The van der Waals surface area contributed by atoms with Gasteiger partial charge in [0.25, 0.3) is 0 Å². The van der Waals surface area contributed by atoms with Gasteiger partial charge in [0.1, 0.15) is 0 Å². The number of likely N-dealkylation sites (tertiary alicyclic amines) is 1. The fourth-order valence-electron chi connectivity index (χ4n) is 3.99. The van der Waals surface area contributed by atoms with E-state index in [4.69, 9.17) is 5.73 Å². The molecule has 0 aliphatic carbocycles. The first-order valence-corrected chi connectivity index (χ1v) is 11.7. The molecule has 2 rings (SSSR count). The molecule has 28 heavy (non-hydrogen) atoms. The number of benzene rings is 1. The Kier molecular flexibility index (Phi) is 12.3. The summed E-state index contributed by atoms with van der Waals surface area (Å²) >= 11 is 4.12. The summed E-state index contributed by atoms with van der Waals surface area (Å²) in [6, 6.07) is 8.76. The van der Waals surface area contributed by atoms with Gasteiger partial charge in [0.05, 0.1) is 5.75 Å². The number of piperidine rings is 1. The van der Waals surface area contributed by atoms with E-state index in [1.807, 2.05) is 18.7 Å². The van der Waals surface area contributed by atoms with E-state index in [9.17, 15) is 4.79 Å². The molecule has 0 spiro atoms. The summed E-state index contributed by atoms with van der Waals surface area (Å²) in [5, 5.41) is 0. The maximum absolute atomic E-state index is 11.8. The highest BCUT2D eigenvalue weighted by Crippen LogP contribution is 2.31. The molecule has 1 aliphatic heterocycles. The third kappa shape index (κ3) is 7.00. The Hall–Kier alpha value is -1.20. The number of para-hydroxylation sites is 1. The van der Waals surface area contributed by atoms with Crippen molar-refractivity contribution in [2.24, 2.45) is 11.7 Å². The van der Waals surface area contributed by atoms with Crippen LogP contribution in [0.1, 0.15) is 64.9 Å². The van der Waals surface area contributed by atoms with Crippen molar-refractivity contribution in [3.8, 4) is 0 Å². The summed E-state index contributed by atoms with van der Waals surface area (Å²) in [7, 11) is 0. The minimum absolute atomic E-state index is 0.163. The Morgan fingerprint density at radius 1 is 1.25 bits per heavy atom. The first-order valence-electron chi connectivity index (χ1n) is 11.1. The van der Waals surface area contributed by atoms with Gasteiger partial charge in [-0.1, -0.05) is 45.9 Å². The maximum Gasteiger partial charge on any atom is 0.232 e. The Labute approximate surface area is 178 Å². The molecule has 160 valence electrons. The van der Waals surface area contributed by atoms with E-state index in [1.54, 1.807) is 0 Å². The molecule has 1 atom stereocenters. The fourth-order valence-corrected chi connectivity index (χ4v) is 4.19. The first kappa shape index (κ1) is 24.8. The van der Waals surface area contributed by atoms with Crippen molar-refractivity contribution in [1.82, 2.24) is 4.90 Å². The second kappa shape index (κ2) is 13.9. The topological polar surface area (TPSA) is 49.6 Å². The standard InChI is InChI=1S/C21H35N3OS.C2H6/c1-3-11-24(15-17-9-12-23(13-10-17)21(25)16-26)20-8-6-5-7-19(20)18(4-2)14-22;1-2/h5-8,17-18,26H,3-4,9-16,22H2,1-2H3;1-2H3. The van der Waals surface area contributed by atoms with Crippen LogP contribution in [-0.4, -0.2) is 49.3 Å². The van der Waals surface area contributed by atoms with Crippen LogP contribution in [0, 0.1) is 5.92 Å². The monoisotopic (exact) mass is 407 g/mol. The number of nitrogens with zero attached hydrogens (tertiary/aromatic N) is 2. The molecule has 0 radical (unpaired) electrons. The molecule has 0 saturated carbocycles. The van der Waals surface area contributed by atoms with E-state index in [0.717, 1.165) is 51.9 Å². The summed E-state index contributed by atoms with van der Waals surface area (Å²) in [5.74, 6) is 1.53. The Morgan fingerprint density at radius 2 is 1.89 bits per heavy atom. The van der Waals surface area contributed by atoms with E-state index < -0.39 is 0 Å². The zero-order valence-electron chi connectivity index (χ0n) is 18.4. The highest BCUT2D eigenvalue weighted by Gasteiger charge is 2.25. The zero-order valence-corrected chi connectivity index (χ0v) is 19.3. The van der Waals surface area contributed by atoms with Crippen molar-refractivity contribution in [1.29, 1.82) is 0 Å². The molecule has 1 unspecified atom stereocenters. The largest absolute Gasteiger partial charge is 0.371 e. The van der Waals surface area contributed by atoms with Crippen LogP contribution in [0.4, 0.5) is 5.69 Å². The molecule has 1 aromatic carbocycles. The van der Waals surface area contributed by atoms with E-state index in [-0.39, 0.29) is 5.91 Å². The van der Waals surface area contributed by atoms with Gasteiger partial charge in [0.2, 0.25) is 5.91 Å². The highest BCUT2D eigenvalue weighted by atomic mass is 32.1. The van der Waals surface area contributed by atoms with E-state index in [0.29, 0.717) is 24.1 Å². The Morgan fingerprint density at radius 3 is 2.43 bits per heavy atom. The molecule has 2 N–H and O–H groups in total. The molecule has 5 heteroatoms. The van der Waals surface area contributed by atoms with Crippen molar-refractivity contribution >= 4 is 24.2 Å². The van der Waals surface area contributed by atoms with Crippen LogP contribution in [0.25, 0.3) is 0 Å². The SMILES string of the molecule is CC.CCCN(CC1CCN(C(=O)CS)CC1)c1ccccc1C(CC)CN. The lowest BCUT2D eigenvalue weighted by Crippen LogP contribution is -2.42. The fraction of sp³-hybridized carbons (Fsp3) is 0.696. The number of carbonyl (C=O) groups excluding carboxylic acids is 1. The second-order valence-electron chi connectivity index (χ2n) is 7.33. The molecular weight excluding hydrogens is 366 g/mol. The molecule has 1 fully saturated rings. The number of carbonyl (C=O) groups is 1. The lowest BCUT2D eigenvalue weighted by molar-refractivity contribution is -0.129. The van der Waals surface area contributed by atoms with Crippen molar-refractivity contribution in [2.45, 2.75) is 59.3 Å². The first-order chi connectivity index (χ1) is 13.6. The van der Waals surface area contributed by atoms with Crippen molar-refractivity contribution < 1.29 is 4.79 Å². The van der Waals surface area contributed by atoms with Gasteiger partial charge in [-0.05, 0) is 55.7 Å². The third-order valence-corrected chi connectivity index (χ3v) is 5.84. The third-order valence-electron chi connectivity index (χ3n) is 5.57. The molecule has 1 saturated heterocycles. The second-order valence-corrected chi connectivity index (χ2v) is 7.64. The van der Waals surface area contributed by atoms with E-state index in [2.05, 4.69) is 55.6 Å². The van der Waals surface area contributed by atoms with Crippen LogP contribution in [0.2, 0.25) is 0 Å². The minimum Gasteiger partial charge on any atom is -0.371 e. The number of anilines is 1. The molecule has 0 aromatic heterocycles. The Bertz CT molecular complexity index is 555. The van der Waals surface area contributed by atoms with Crippen LogP contribution in [0.15, 0.2) is 24.3 Å². The van der Waals surface area contributed by atoms with Crippen molar-refractivity contribution in [2.75, 3.05) is 43.4 Å². The minimum atomic E-state index is 0.163.